The van der Waals surface area contributed by atoms with Crippen molar-refractivity contribution in [1.82, 2.24) is 9.97 Å². The van der Waals surface area contributed by atoms with Gasteiger partial charge in [-0.2, -0.15) is 0 Å². The molecule has 17 heavy (non-hydrogen) atoms. The molecule has 1 aromatic carbocycles. The third-order valence-electron chi connectivity index (χ3n) is 2.43. The fourth-order valence-corrected chi connectivity index (χ4v) is 1.51. The number of nitrogens with one attached hydrogen (secondary N) is 1. The quantitative estimate of drug-likeness (QED) is 0.658. The van der Waals surface area contributed by atoms with E-state index in [9.17, 15) is 15.0 Å². The van der Waals surface area contributed by atoms with Crippen molar-refractivity contribution in [2.75, 3.05) is 7.11 Å². The lowest BCUT2D eigenvalue weighted by molar-refractivity contribution is -0.157. The van der Waals surface area contributed by atoms with Gasteiger partial charge < -0.3 is 19.9 Å². The first kappa shape index (κ1) is 11.6. The fraction of sp³-hybridized carbons (Fsp3) is 0.273. The first-order chi connectivity index (χ1) is 8.13. The second-order valence-electron chi connectivity index (χ2n) is 3.55. The highest BCUT2D eigenvalue weighted by Crippen LogP contribution is 2.18. The topological polar surface area (TPSA) is 95.4 Å². The predicted molar refractivity (Wildman–Crippen MR) is 59.1 cm³/mol. The molecule has 0 saturated carbocycles. The Bertz CT molecular complexity index is 504. The van der Waals surface area contributed by atoms with E-state index in [4.69, 9.17) is 0 Å². The van der Waals surface area contributed by atoms with Gasteiger partial charge in [-0.05, 0) is 12.1 Å². The number of H-pyrrole nitrogens is 1. The highest BCUT2D eigenvalue weighted by atomic mass is 16.5. The number of aliphatic hydroxyl groups excluding tert-OH is 2. The summed E-state index contributed by atoms with van der Waals surface area (Å²) in [5.41, 5.74) is 1.37. The summed E-state index contributed by atoms with van der Waals surface area (Å²) in [6.07, 6.45) is -3.09. The number of carbonyl (C=O) groups excluding carboxylic acids is 1. The van der Waals surface area contributed by atoms with E-state index in [0.29, 0.717) is 5.52 Å². The average Bonchev–Trinajstić information content (AvgIpc) is 2.79. The van der Waals surface area contributed by atoms with E-state index in [1.54, 1.807) is 18.2 Å². The van der Waals surface area contributed by atoms with Crippen molar-refractivity contribution >= 4 is 17.0 Å². The summed E-state index contributed by atoms with van der Waals surface area (Å²) < 4.78 is 4.34. The largest absolute Gasteiger partial charge is 0.467 e. The van der Waals surface area contributed by atoms with Gasteiger partial charge >= 0.3 is 5.97 Å². The first-order valence-corrected chi connectivity index (χ1v) is 5.02. The van der Waals surface area contributed by atoms with E-state index in [0.717, 1.165) is 12.6 Å². The van der Waals surface area contributed by atoms with Crippen molar-refractivity contribution in [2.45, 2.75) is 12.2 Å². The molecule has 1 aromatic heterocycles. The van der Waals surface area contributed by atoms with Crippen LogP contribution in [0.1, 0.15) is 11.9 Å². The molecule has 0 bridgehead atoms. The number of para-hydroxylation sites is 2. The van der Waals surface area contributed by atoms with Crippen molar-refractivity contribution in [1.29, 1.82) is 0 Å². The third-order valence-corrected chi connectivity index (χ3v) is 2.43. The molecule has 0 aliphatic heterocycles. The molecule has 0 unspecified atom stereocenters. The number of fused-ring (bicyclic) bond motifs is 1. The zero-order valence-corrected chi connectivity index (χ0v) is 9.12. The molecule has 0 spiro atoms. The number of hydrogen-bond donors (Lipinski definition) is 3. The van der Waals surface area contributed by atoms with Crippen molar-refractivity contribution < 1.29 is 19.7 Å². The molecule has 0 saturated heterocycles. The standard InChI is InChI=1S/C11H12N2O4/c1-17-11(16)9(15)8(14)10-12-6-4-2-3-5-7(6)13-10/h2-5,8-9,14-15H,1H3,(H,12,13)/t8-,9+/m0/s1. The Morgan fingerprint density at radius 3 is 2.76 bits per heavy atom. The number of carbonyl (C=O) groups is 1. The van der Waals surface area contributed by atoms with Crippen molar-refractivity contribution in [2.24, 2.45) is 0 Å². The van der Waals surface area contributed by atoms with E-state index < -0.39 is 18.2 Å². The number of rotatable bonds is 3. The van der Waals surface area contributed by atoms with Gasteiger partial charge in [0.15, 0.2) is 6.10 Å². The molecule has 0 aliphatic carbocycles. The van der Waals surface area contributed by atoms with Crippen molar-refractivity contribution in [3.05, 3.63) is 30.1 Å². The van der Waals surface area contributed by atoms with E-state index in [1.807, 2.05) is 6.07 Å². The number of aliphatic hydroxyl groups is 2. The molecule has 0 aliphatic rings. The molecule has 6 heteroatoms. The number of benzene rings is 1. The summed E-state index contributed by atoms with van der Waals surface area (Å²) in [6, 6.07) is 7.15. The molecule has 2 rings (SSSR count). The minimum Gasteiger partial charge on any atom is -0.467 e. The Morgan fingerprint density at radius 2 is 2.12 bits per heavy atom. The Morgan fingerprint density at radius 1 is 1.41 bits per heavy atom. The minimum absolute atomic E-state index is 0.129. The Kier molecular flexibility index (Phi) is 3.08. The predicted octanol–water partition coefficient (Wildman–Crippen LogP) is 0.130. The molecule has 3 N–H and O–H groups in total. The van der Waals surface area contributed by atoms with E-state index in [-0.39, 0.29) is 5.82 Å². The highest BCUT2D eigenvalue weighted by Gasteiger charge is 2.28. The summed E-state index contributed by atoms with van der Waals surface area (Å²) >= 11 is 0. The minimum atomic E-state index is -1.65. The van der Waals surface area contributed by atoms with Gasteiger partial charge in [-0.15, -0.1) is 0 Å². The van der Waals surface area contributed by atoms with E-state index in [2.05, 4.69) is 14.7 Å². The van der Waals surface area contributed by atoms with Crippen LogP contribution in [0.15, 0.2) is 24.3 Å². The van der Waals surface area contributed by atoms with E-state index >= 15 is 0 Å². The molecule has 90 valence electrons. The maximum Gasteiger partial charge on any atom is 0.337 e. The molecule has 6 nitrogen and oxygen atoms in total. The van der Waals surface area contributed by atoms with Gasteiger partial charge in [0.2, 0.25) is 0 Å². The normalized spacial score (nSPS) is 14.5. The van der Waals surface area contributed by atoms with Gasteiger partial charge in [0.25, 0.3) is 0 Å². The lowest BCUT2D eigenvalue weighted by atomic mass is 10.2. The van der Waals surface area contributed by atoms with Crippen LogP contribution in [-0.2, 0) is 9.53 Å². The van der Waals surface area contributed by atoms with Gasteiger partial charge in [-0.3, -0.25) is 0 Å². The van der Waals surface area contributed by atoms with Gasteiger partial charge in [0.05, 0.1) is 18.1 Å². The fourth-order valence-electron chi connectivity index (χ4n) is 1.51. The van der Waals surface area contributed by atoms with Crippen LogP contribution in [-0.4, -0.2) is 39.4 Å². The average molecular weight is 236 g/mol. The van der Waals surface area contributed by atoms with Crippen LogP contribution in [0.2, 0.25) is 0 Å². The molecule has 0 amide bonds. The van der Waals surface area contributed by atoms with Crippen LogP contribution in [0, 0.1) is 0 Å². The van der Waals surface area contributed by atoms with E-state index in [1.165, 1.54) is 0 Å². The van der Waals surface area contributed by atoms with Gasteiger partial charge in [-0.1, -0.05) is 12.1 Å². The monoisotopic (exact) mass is 236 g/mol. The number of methoxy groups -OCH3 is 1. The van der Waals surface area contributed by atoms with Crippen LogP contribution in [0.5, 0.6) is 0 Å². The number of ether oxygens (including phenoxy) is 1. The first-order valence-electron chi connectivity index (χ1n) is 5.02. The number of aromatic nitrogens is 2. The second kappa shape index (κ2) is 4.52. The summed E-state index contributed by atoms with van der Waals surface area (Å²) in [6.45, 7) is 0. The SMILES string of the molecule is COC(=O)[C@H](O)[C@H](O)c1nc2ccccc2[nH]1. The summed E-state index contributed by atoms with van der Waals surface area (Å²) in [5, 5.41) is 19.2. The molecule has 2 atom stereocenters. The molecular weight excluding hydrogens is 224 g/mol. The molecule has 0 fully saturated rings. The Labute approximate surface area is 96.9 Å². The molecular formula is C11H12N2O4. The number of hydrogen-bond acceptors (Lipinski definition) is 5. The maximum absolute atomic E-state index is 11.1. The molecule has 0 radical (unpaired) electrons. The number of aromatic amines is 1. The smallest absolute Gasteiger partial charge is 0.337 e. The van der Waals surface area contributed by atoms with Crippen molar-refractivity contribution in [3.63, 3.8) is 0 Å². The molecule has 1 heterocycles. The Hall–Kier alpha value is -1.92. The summed E-state index contributed by atoms with van der Waals surface area (Å²) in [7, 11) is 1.14. The highest BCUT2D eigenvalue weighted by molar-refractivity contribution is 5.77. The zero-order valence-electron chi connectivity index (χ0n) is 9.12. The van der Waals surface area contributed by atoms with Crippen molar-refractivity contribution in [3.8, 4) is 0 Å². The second-order valence-corrected chi connectivity index (χ2v) is 3.55. The lowest BCUT2D eigenvalue weighted by Crippen LogP contribution is -2.29. The van der Waals surface area contributed by atoms with Gasteiger partial charge in [0, 0.05) is 0 Å². The third kappa shape index (κ3) is 2.13. The van der Waals surface area contributed by atoms with Crippen LogP contribution in [0.25, 0.3) is 11.0 Å². The summed E-state index contributed by atoms with van der Waals surface area (Å²) in [5.74, 6) is -0.776. The van der Waals surface area contributed by atoms with Crippen LogP contribution in [0.3, 0.4) is 0 Å². The number of esters is 1. The lowest BCUT2D eigenvalue weighted by Gasteiger charge is -2.12. The summed E-state index contributed by atoms with van der Waals surface area (Å²) in [4.78, 5) is 18.0. The number of imidazole rings is 1. The van der Waals surface area contributed by atoms with Gasteiger partial charge in [0.1, 0.15) is 11.9 Å². The maximum atomic E-state index is 11.1. The number of nitrogens with zero attached hydrogens (tertiary/aromatic N) is 1. The Balaban J connectivity index is 2.30. The van der Waals surface area contributed by atoms with Crippen LogP contribution < -0.4 is 0 Å². The van der Waals surface area contributed by atoms with Crippen LogP contribution in [0.4, 0.5) is 0 Å². The van der Waals surface area contributed by atoms with Gasteiger partial charge in [-0.25, -0.2) is 9.78 Å². The molecule has 2 aromatic rings. The zero-order chi connectivity index (χ0) is 12.4. The van der Waals surface area contributed by atoms with Crippen LogP contribution >= 0.6 is 0 Å².